The van der Waals surface area contributed by atoms with Crippen LogP contribution in [-0.2, 0) is 11.3 Å². The number of carbonyl (C=O) groups excluding carboxylic acids is 1. The van der Waals surface area contributed by atoms with Crippen molar-refractivity contribution in [1.82, 2.24) is 4.90 Å². The molecule has 0 bridgehead atoms. The summed E-state index contributed by atoms with van der Waals surface area (Å²) in [5.74, 6) is 0. The second kappa shape index (κ2) is 5.11. The standard InChI is InChI=1S/C17H15NO/c19-13-15-8-9-16-7-4-10-18(17(16)11-15)12-14-5-2-1-3-6-14/h1-11,13,17H,12H2. The van der Waals surface area contributed by atoms with E-state index in [4.69, 9.17) is 0 Å². The molecule has 1 aromatic rings. The summed E-state index contributed by atoms with van der Waals surface area (Å²) in [4.78, 5) is 13.2. The third-order valence-electron chi connectivity index (χ3n) is 3.43. The first-order valence-corrected chi connectivity index (χ1v) is 6.40. The summed E-state index contributed by atoms with van der Waals surface area (Å²) >= 11 is 0. The van der Waals surface area contributed by atoms with Gasteiger partial charge in [0.2, 0.25) is 0 Å². The van der Waals surface area contributed by atoms with E-state index < -0.39 is 0 Å². The van der Waals surface area contributed by atoms with Crippen LogP contribution in [0.1, 0.15) is 5.56 Å². The summed E-state index contributed by atoms with van der Waals surface area (Å²) in [5.41, 5.74) is 3.24. The Kier molecular flexibility index (Phi) is 3.15. The molecule has 0 aromatic heterocycles. The lowest BCUT2D eigenvalue weighted by atomic mass is 9.94. The SMILES string of the molecule is O=CC1=CC2C(=CC=CN2Cc2ccccc2)C=C1. The second-order valence-corrected chi connectivity index (χ2v) is 4.73. The molecule has 1 unspecified atom stereocenters. The van der Waals surface area contributed by atoms with Gasteiger partial charge in [0.25, 0.3) is 0 Å². The van der Waals surface area contributed by atoms with Crippen LogP contribution in [0.3, 0.4) is 0 Å². The van der Waals surface area contributed by atoms with Crippen LogP contribution in [0.2, 0.25) is 0 Å². The van der Waals surface area contributed by atoms with E-state index >= 15 is 0 Å². The Bertz CT molecular complexity index is 593. The van der Waals surface area contributed by atoms with Gasteiger partial charge in [0.1, 0.15) is 6.29 Å². The number of aldehydes is 1. The highest BCUT2D eigenvalue weighted by Crippen LogP contribution is 2.25. The summed E-state index contributed by atoms with van der Waals surface area (Å²) in [6.45, 7) is 0.843. The number of nitrogens with zero attached hydrogens (tertiary/aromatic N) is 1. The predicted molar refractivity (Wildman–Crippen MR) is 76.3 cm³/mol. The molecule has 3 rings (SSSR count). The number of hydrogen-bond acceptors (Lipinski definition) is 2. The Morgan fingerprint density at radius 3 is 2.79 bits per heavy atom. The van der Waals surface area contributed by atoms with Crippen molar-refractivity contribution in [3.8, 4) is 0 Å². The van der Waals surface area contributed by atoms with Crippen molar-refractivity contribution in [2.75, 3.05) is 0 Å². The fourth-order valence-corrected chi connectivity index (χ4v) is 2.45. The number of benzene rings is 1. The first-order valence-electron chi connectivity index (χ1n) is 6.40. The van der Waals surface area contributed by atoms with Gasteiger partial charge in [0.05, 0.1) is 6.04 Å². The molecule has 2 nitrogen and oxygen atoms in total. The highest BCUT2D eigenvalue weighted by atomic mass is 16.1. The van der Waals surface area contributed by atoms with E-state index in [1.54, 1.807) is 0 Å². The normalized spacial score (nSPS) is 20.6. The molecule has 1 heterocycles. The highest BCUT2D eigenvalue weighted by Gasteiger charge is 2.21. The fraction of sp³-hybridized carbons (Fsp3) is 0.118. The molecule has 0 fully saturated rings. The lowest BCUT2D eigenvalue weighted by Gasteiger charge is -2.33. The molecule has 0 N–H and O–H groups in total. The molecule has 94 valence electrons. The van der Waals surface area contributed by atoms with Crippen molar-refractivity contribution in [2.24, 2.45) is 0 Å². The zero-order chi connectivity index (χ0) is 13.1. The third kappa shape index (κ3) is 2.43. The molecule has 19 heavy (non-hydrogen) atoms. The topological polar surface area (TPSA) is 20.3 Å². The van der Waals surface area contributed by atoms with E-state index in [-0.39, 0.29) is 6.04 Å². The largest absolute Gasteiger partial charge is 0.363 e. The molecule has 0 spiro atoms. The molecule has 1 atom stereocenters. The zero-order valence-corrected chi connectivity index (χ0v) is 10.6. The third-order valence-corrected chi connectivity index (χ3v) is 3.43. The van der Waals surface area contributed by atoms with Crippen molar-refractivity contribution in [3.05, 3.63) is 83.6 Å². The monoisotopic (exact) mass is 249 g/mol. The predicted octanol–water partition coefficient (Wildman–Crippen LogP) is 3.01. The number of fused-ring (bicyclic) bond motifs is 1. The van der Waals surface area contributed by atoms with Gasteiger partial charge in [-0.1, -0.05) is 48.6 Å². The minimum absolute atomic E-state index is 0.162. The average Bonchev–Trinajstić information content (AvgIpc) is 2.48. The van der Waals surface area contributed by atoms with Gasteiger partial charge in [0, 0.05) is 18.3 Å². The summed E-state index contributed by atoms with van der Waals surface area (Å²) in [5, 5.41) is 0. The van der Waals surface area contributed by atoms with Crippen LogP contribution in [0.4, 0.5) is 0 Å². The molecular formula is C17H15NO. The van der Waals surface area contributed by atoms with Crippen LogP contribution in [0.5, 0.6) is 0 Å². The first-order chi connectivity index (χ1) is 9.36. The van der Waals surface area contributed by atoms with Crippen LogP contribution in [0.25, 0.3) is 0 Å². The lowest BCUT2D eigenvalue weighted by molar-refractivity contribution is -0.104. The molecule has 2 aliphatic rings. The Morgan fingerprint density at radius 1 is 1.16 bits per heavy atom. The molecule has 0 radical (unpaired) electrons. The van der Waals surface area contributed by atoms with Gasteiger partial charge in [-0.2, -0.15) is 0 Å². The van der Waals surface area contributed by atoms with E-state index in [1.807, 2.05) is 36.4 Å². The van der Waals surface area contributed by atoms with Crippen molar-refractivity contribution < 1.29 is 4.79 Å². The molecule has 1 aromatic carbocycles. The van der Waals surface area contributed by atoms with Crippen LogP contribution in [0.15, 0.2) is 78.1 Å². The Balaban J connectivity index is 1.85. The Morgan fingerprint density at radius 2 is 2.00 bits per heavy atom. The van der Waals surface area contributed by atoms with Crippen LogP contribution in [0, 0.1) is 0 Å². The van der Waals surface area contributed by atoms with Gasteiger partial charge < -0.3 is 4.90 Å². The molecule has 1 aliphatic carbocycles. The Labute approximate surface area is 113 Å². The van der Waals surface area contributed by atoms with Crippen LogP contribution >= 0.6 is 0 Å². The maximum Gasteiger partial charge on any atom is 0.149 e. The average molecular weight is 249 g/mol. The van der Waals surface area contributed by atoms with E-state index in [1.165, 1.54) is 11.1 Å². The number of hydrogen-bond donors (Lipinski definition) is 0. The Hall–Kier alpha value is -2.35. The molecular weight excluding hydrogens is 234 g/mol. The van der Waals surface area contributed by atoms with Crippen molar-refractivity contribution in [3.63, 3.8) is 0 Å². The molecule has 0 saturated carbocycles. The number of allylic oxidation sites excluding steroid dienone is 4. The van der Waals surface area contributed by atoms with E-state index in [0.29, 0.717) is 0 Å². The number of carbonyl (C=O) groups is 1. The maximum absolute atomic E-state index is 10.9. The lowest BCUT2D eigenvalue weighted by Crippen LogP contribution is -2.33. The van der Waals surface area contributed by atoms with Gasteiger partial charge in [-0.05, 0) is 23.3 Å². The van der Waals surface area contributed by atoms with Crippen molar-refractivity contribution in [1.29, 1.82) is 0 Å². The minimum Gasteiger partial charge on any atom is -0.363 e. The summed E-state index contributed by atoms with van der Waals surface area (Å²) in [6, 6.07) is 10.5. The van der Waals surface area contributed by atoms with Gasteiger partial charge in [-0.15, -0.1) is 0 Å². The molecule has 1 aliphatic heterocycles. The smallest absolute Gasteiger partial charge is 0.149 e. The van der Waals surface area contributed by atoms with Gasteiger partial charge in [0.15, 0.2) is 0 Å². The minimum atomic E-state index is 0.162. The second-order valence-electron chi connectivity index (χ2n) is 4.73. The van der Waals surface area contributed by atoms with Crippen LogP contribution in [-0.4, -0.2) is 17.2 Å². The molecule has 0 amide bonds. The summed E-state index contributed by atoms with van der Waals surface area (Å²) < 4.78 is 0. The fourth-order valence-electron chi connectivity index (χ4n) is 2.45. The van der Waals surface area contributed by atoms with Gasteiger partial charge >= 0.3 is 0 Å². The van der Waals surface area contributed by atoms with Crippen molar-refractivity contribution in [2.45, 2.75) is 12.6 Å². The summed E-state index contributed by atoms with van der Waals surface area (Å²) in [6.07, 6.45) is 13.1. The first kappa shape index (κ1) is 11.7. The van der Waals surface area contributed by atoms with Crippen molar-refractivity contribution >= 4 is 6.29 Å². The maximum atomic E-state index is 10.9. The molecule has 0 saturated heterocycles. The quantitative estimate of drug-likeness (QED) is 0.767. The van der Waals surface area contributed by atoms with Gasteiger partial charge in [-0.3, -0.25) is 4.79 Å². The highest BCUT2D eigenvalue weighted by molar-refractivity contribution is 5.79. The van der Waals surface area contributed by atoms with E-state index in [2.05, 4.69) is 35.4 Å². The summed E-state index contributed by atoms with van der Waals surface area (Å²) in [7, 11) is 0. The van der Waals surface area contributed by atoms with E-state index in [9.17, 15) is 4.79 Å². The van der Waals surface area contributed by atoms with Crippen LogP contribution < -0.4 is 0 Å². The molecule has 2 heteroatoms. The number of rotatable bonds is 3. The van der Waals surface area contributed by atoms with E-state index in [0.717, 1.165) is 18.4 Å². The van der Waals surface area contributed by atoms with Gasteiger partial charge in [-0.25, -0.2) is 0 Å². The zero-order valence-electron chi connectivity index (χ0n) is 10.6.